The van der Waals surface area contributed by atoms with Gasteiger partial charge in [0.25, 0.3) is 5.91 Å². The summed E-state index contributed by atoms with van der Waals surface area (Å²) in [6.07, 6.45) is 1.07. The first-order valence-electron chi connectivity index (χ1n) is 10.2. The lowest BCUT2D eigenvalue weighted by atomic mass is 9.98. The number of aromatic nitrogens is 1. The number of carbonyl (C=O) groups is 1. The molecule has 0 saturated heterocycles. The van der Waals surface area contributed by atoms with Crippen LogP contribution < -0.4 is 10.6 Å². The van der Waals surface area contributed by atoms with Crippen molar-refractivity contribution in [2.24, 2.45) is 0 Å². The maximum absolute atomic E-state index is 12.3. The Kier molecular flexibility index (Phi) is 6.09. The Morgan fingerprint density at radius 2 is 1.87 bits per heavy atom. The molecular formula is C25H23N3O2S. The number of anilines is 1. The van der Waals surface area contributed by atoms with Gasteiger partial charge in [-0.3, -0.25) is 10.1 Å². The summed E-state index contributed by atoms with van der Waals surface area (Å²) in [7, 11) is 0. The Bertz CT molecular complexity index is 1230. The Morgan fingerprint density at radius 1 is 1.06 bits per heavy atom. The molecule has 0 spiro atoms. The van der Waals surface area contributed by atoms with Crippen molar-refractivity contribution >= 4 is 40.0 Å². The molecule has 0 saturated carbocycles. The summed E-state index contributed by atoms with van der Waals surface area (Å²) >= 11 is 5.29. The van der Waals surface area contributed by atoms with E-state index in [0.29, 0.717) is 17.4 Å². The number of oxazole rings is 1. The smallest absolute Gasteiger partial charge is 0.257 e. The van der Waals surface area contributed by atoms with Crippen LogP contribution in [0.1, 0.15) is 42.1 Å². The molecule has 5 nitrogen and oxygen atoms in total. The Hall–Kier alpha value is -3.51. The Labute approximate surface area is 186 Å². The number of benzene rings is 3. The summed E-state index contributed by atoms with van der Waals surface area (Å²) in [6.45, 7) is 4.38. The minimum Gasteiger partial charge on any atom is -0.436 e. The molecule has 1 unspecified atom stereocenters. The van der Waals surface area contributed by atoms with E-state index in [2.05, 4.69) is 41.6 Å². The summed E-state index contributed by atoms with van der Waals surface area (Å²) in [5.74, 6) is 0.758. The monoisotopic (exact) mass is 429 g/mol. The van der Waals surface area contributed by atoms with Crippen molar-refractivity contribution in [3.8, 4) is 11.5 Å². The van der Waals surface area contributed by atoms with Gasteiger partial charge >= 0.3 is 0 Å². The van der Waals surface area contributed by atoms with Crippen molar-refractivity contribution in [2.75, 3.05) is 5.32 Å². The second-order valence-corrected chi connectivity index (χ2v) is 7.82. The molecule has 6 heteroatoms. The molecule has 0 fully saturated rings. The molecule has 0 aliphatic rings. The molecule has 4 rings (SSSR count). The van der Waals surface area contributed by atoms with Crippen molar-refractivity contribution in [3.05, 3.63) is 83.9 Å². The largest absolute Gasteiger partial charge is 0.436 e. The summed E-state index contributed by atoms with van der Waals surface area (Å²) in [4.78, 5) is 16.9. The zero-order chi connectivity index (χ0) is 21.8. The molecule has 4 aromatic rings. The van der Waals surface area contributed by atoms with Crippen LogP contribution in [-0.2, 0) is 0 Å². The number of rotatable bonds is 5. The molecule has 3 aromatic carbocycles. The molecule has 156 valence electrons. The maximum Gasteiger partial charge on any atom is 0.257 e. The average Bonchev–Trinajstić information content (AvgIpc) is 3.22. The van der Waals surface area contributed by atoms with Gasteiger partial charge in [0.1, 0.15) is 5.52 Å². The lowest BCUT2D eigenvalue weighted by Crippen LogP contribution is -2.34. The molecule has 1 amide bonds. The third-order valence-corrected chi connectivity index (χ3v) is 5.43. The zero-order valence-electron chi connectivity index (χ0n) is 17.4. The molecule has 31 heavy (non-hydrogen) atoms. The van der Waals surface area contributed by atoms with E-state index >= 15 is 0 Å². The molecule has 0 radical (unpaired) electrons. The van der Waals surface area contributed by atoms with Crippen LogP contribution in [0.5, 0.6) is 0 Å². The third-order valence-electron chi connectivity index (χ3n) is 5.22. The lowest BCUT2D eigenvalue weighted by molar-refractivity contribution is 0.0977. The Balaban J connectivity index is 1.50. The maximum atomic E-state index is 12.3. The predicted molar refractivity (Wildman–Crippen MR) is 128 cm³/mol. The second-order valence-electron chi connectivity index (χ2n) is 7.41. The fraction of sp³-hybridized carbons (Fsp3) is 0.160. The van der Waals surface area contributed by atoms with Crippen molar-refractivity contribution in [1.29, 1.82) is 0 Å². The number of hydrogen-bond acceptors (Lipinski definition) is 4. The SMILES string of the molecule is CCC(C)c1ccc2oc(-c3cccc(NC(=S)NC(=O)c4ccccc4)c3)nc2c1. The minimum absolute atomic E-state index is 0.224. The van der Waals surface area contributed by atoms with Gasteiger partial charge < -0.3 is 9.73 Å². The van der Waals surface area contributed by atoms with Crippen LogP contribution in [-0.4, -0.2) is 16.0 Å². The highest BCUT2D eigenvalue weighted by Gasteiger charge is 2.12. The fourth-order valence-electron chi connectivity index (χ4n) is 3.27. The molecular weight excluding hydrogens is 406 g/mol. The quantitative estimate of drug-likeness (QED) is 0.373. The molecule has 1 atom stereocenters. The number of nitrogens with zero attached hydrogens (tertiary/aromatic N) is 1. The number of amides is 1. The number of hydrogen-bond donors (Lipinski definition) is 2. The van der Waals surface area contributed by atoms with Gasteiger partial charge in [-0.25, -0.2) is 4.98 Å². The van der Waals surface area contributed by atoms with E-state index in [4.69, 9.17) is 16.6 Å². The van der Waals surface area contributed by atoms with Gasteiger partial charge in [0.05, 0.1) is 0 Å². The average molecular weight is 430 g/mol. The van der Waals surface area contributed by atoms with Crippen LogP contribution in [0.25, 0.3) is 22.6 Å². The number of carbonyl (C=O) groups excluding carboxylic acids is 1. The molecule has 0 bridgehead atoms. The number of thiocarbonyl (C=S) groups is 1. The highest BCUT2D eigenvalue weighted by Crippen LogP contribution is 2.29. The fourth-order valence-corrected chi connectivity index (χ4v) is 3.48. The van der Waals surface area contributed by atoms with Crippen LogP contribution in [0.2, 0.25) is 0 Å². The van der Waals surface area contributed by atoms with Gasteiger partial charge in [0.2, 0.25) is 5.89 Å². The van der Waals surface area contributed by atoms with Gasteiger partial charge in [0.15, 0.2) is 10.7 Å². The predicted octanol–water partition coefficient (Wildman–Crippen LogP) is 6.14. The zero-order valence-corrected chi connectivity index (χ0v) is 18.2. The van der Waals surface area contributed by atoms with Crippen LogP contribution in [0.3, 0.4) is 0 Å². The van der Waals surface area contributed by atoms with E-state index in [0.717, 1.165) is 28.8 Å². The summed E-state index contributed by atoms with van der Waals surface area (Å²) < 4.78 is 5.96. The lowest BCUT2D eigenvalue weighted by Gasteiger charge is -2.10. The Morgan fingerprint density at radius 3 is 2.65 bits per heavy atom. The normalized spacial score (nSPS) is 11.8. The van der Waals surface area contributed by atoms with Crippen molar-refractivity contribution in [2.45, 2.75) is 26.2 Å². The molecule has 2 N–H and O–H groups in total. The highest BCUT2D eigenvalue weighted by atomic mass is 32.1. The van der Waals surface area contributed by atoms with Crippen LogP contribution in [0.15, 0.2) is 77.2 Å². The van der Waals surface area contributed by atoms with Crippen LogP contribution in [0.4, 0.5) is 5.69 Å². The van der Waals surface area contributed by atoms with Gasteiger partial charge in [-0.1, -0.05) is 44.2 Å². The van der Waals surface area contributed by atoms with Gasteiger partial charge in [0, 0.05) is 16.8 Å². The minimum atomic E-state index is -0.259. The van der Waals surface area contributed by atoms with Crippen molar-refractivity contribution in [1.82, 2.24) is 10.3 Å². The molecule has 1 aromatic heterocycles. The van der Waals surface area contributed by atoms with Gasteiger partial charge in [-0.2, -0.15) is 0 Å². The summed E-state index contributed by atoms with van der Waals surface area (Å²) in [6, 6.07) is 22.7. The first kappa shape index (κ1) is 20.8. The van der Waals surface area contributed by atoms with Crippen LogP contribution >= 0.6 is 12.2 Å². The number of fused-ring (bicyclic) bond motifs is 1. The van der Waals surface area contributed by atoms with Crippen molar-refractivity contribution in [3.63, 3.8) is 0 Å². The summed E-state index contributed by atoms with van der Waals surface area (Å²) in [5.41, 5.74) is 4.96. The first-order valence-corrected chi connectivity index (χ1v) is 10.6. The topological polar surface area (TPSA) is 67.2 Å². The van der Waals surface area contributed by atoms with E-state index in [1.165, 1.54) is 5.56 Å². The number of nitrogens with one attached hydrogen (secondary N) is 2. The standard InChI is InChI=1S/C25H23N3O2S/c1-3-16(2)18-12-13-22-21(15-18)27-24(30-22)19-10-7-11-20(14-19)26-25(31)28-23(29)17-8-5-4-6-9-17/h4-16H,3H2,1-2H3,(H2,26,28,29,31). The van der Waals surface area contributed by atoms with Crippen LogP contribution in [0, 0.1) is 0 Å². The van der Waals surface area contributed by atoms with E-state index in [1.807, 2.05) is 36.4 Å². The highest BCUT2D eigenvalue weighted by molar-refractivity contribution is 7.80. The van der Waals surface area contributed by atoms with Gasteiger partial charge in [-0.05, 0) is 72.6 Å². The summed E-state index contributed by atoms with van der Waals surface area (Å²) in [5, 5.41) is 5.96. The van der Waals surface area contributed by atoms with E-state index < -0.39 is 0 Å². The van der Waals surface area contributed by atoms with Gasteiger partial charge in [-0.15, -0.1) is 0 Å². The van der Waals surface area contributed by atoms with E-state index in [1.54, 1.807) is 24.3 Å². The van der Waals surface area contributed by atoms with E-state index in [-0.39, 0.29) is 11.0 Å². The molecule has 0 aliphatic carbocycles. The van der Waals surface area contributed by atoms with Crippen molar-refractivity contribution < 1.29 is 9.21 Å². The molecule has 1 heterocycles. The first-order chi connectivity index (χ1) is 15.0. The molecule has 0 aliphatic heterocycles. The second kappa shape index (κ2) is 9.10. The third kappa shape index (κ3) is 4.81. The van der Waals surface area contributed by atoms with E-state index in [9.17, 15) is 4.79 Å².